The van der Waals surface area contributed by atoms with Crippen LogP contribution >= 0.6 is 11.6 Å². The van der Waals surface area contributed by atoms with Gasteiger partial charge in [0.05, 0.1) is 34.2 Å². The number of fused-ring (bicyclic) bond motifs is 1. The number of pyridine rings is 2. The number of aromatic nitrogens is 8. The SMILES string of the molecule is Nc1ccc(-c2cnc([C@@H]3CCCc4cc(-c5c(-n6cnnn6)ccc(Cl)c5F)cc(=O)n43)[nH]2)c(F)n1. The van der Waals surface area contributed by atoms with Gasteiger partial charge < -0.3 is 15.3 Å². The fourth-order valence-electron chi connectivity index (χ4n) is 4.76. The molecule has 1 aromatic carbocycles. The number of imidazole rings is 1. The lowest BCUT2D eigenvalue weighted by molar-refractivity contribution is 0.427. The Balaban J connectivity index is 1.44. The van der Waals surface area contributed by atoms with E-state index in [4.69, 9.17) is 17.3 Å². The molecule has 4 aromatic heterocycles. The van der Waals surface area contributed by atoms with Crippen LogP contribution in [0.15, 0.2) is 53.7 Å². The van der Waals surface area contributed by atoms with E-state index in [1.807, 2.05) is 0 Å². The molecule has 186 valence electrons. The number of aromatic amines is 1. The molecule has 1 aliphatic heterocycles. The predicted molar refractivity (Wildman–Crippen MR) is 131 cm³/mol. The van der Waals surface area contributed by atoms with E-state index in [2.05, 4.69) is 30.5 Å². The number of H-pyrrole nitrogens is 1. The van der Waals surface area contributed by atoms with Crippen LogP contribution in [0.4, 0.5) is 14.6 Å². The normalized spacial score (nSPS) is 15.1. The molecule has 0 amide bonds. The molecule has 1 atom stereocenters. The molecular formula is C24H18ClF2N9O. The predicted octanol–water partition coefficient (Wildman–Crippen LogP) is 3.72. The zero-order valence-electron chi connectivity index (χ0n) is 19.1. The third-order valence-corrected chi connectivity index (χ3v) is 6.69. The molecular weight excluding hydrogens is 504 g/mol. The van der Waals surface area contributed by atoms with Crippen LogP contribution in [-0.2, 0) is 6.42 Å². The van der Waals surface area contributed by atoms with Gasteiger partial charge in [0, 0.05) is 17.3 Å². The van der Waals surface area contributed by atoms with E-state index in [9.17, 15) is 9.18 Å². The molecule has 0 saturated heterocycles. The van der Waals surface area contributed by atoms with Crippen molar-refractivity contribution in [3.8, 4) is 28.1 Å². The highest BCUT2D eigenvalue weighted by Crippen LogP contribution is 2.36. The Morgan fingerprint density at radius 1 is 1.16 bits per heavy atom. The maximum atomic E-state index is 15.3. The first-order chi connectivity index (χ1) is 17.9. The number of tetrazole rings is 1. The van der Waals surface area contributed by atoms with Crippen molar-refractivity contribution in [2.75, 3.05) is 5.73 Å². The molecule has 0 fully saturated rings. The van der Waals surface area contributed by atoms with Gasteiger partial charge in [0.2, 0.25) is 5.95 Å². The van der Waals surface area contributed by atoms with Crippen LogP contribution in [0.3, 0.4) is 0 Å². The van der Waals surface area contributed by atoms with E-state index in [0.29, 0.717) is 41.3 Å². The first-order valence-electron chi connectivity index (χ1n) is 11.3. The van der Waals surface area contributed by atoms with Crippen molar-refractivity contribution in [2.24, 2.45) is 0 Å². The minimum atomic E-state index is -0.719. The van der Waals surface area contributed by atoms with Crippen LogP contribution < -0.4 is 11.3 Å². The number of benzene rings is 1. The lowest BCUT2D eigenvalue weighted by atomic mass is 9.96. The van der Waals surface area contributed by atoms with E-state index >= 15 is 4.39 Å². The molecule has 6 rings (SSSR count). The molecule has 0 unspecified atom stereocenters. The molecule has 5 aromatic rings. The van der Waals surface area contributed by atoms with E-state index in [-0.39, 0.29) is 27.5 Å². The number of rotatable bonds is 4. The number of halogens is 3. The highest BCUT2D eigenvalue weighted by molar-refractivity contribution is 6.31. The van der Waals surface area contributed by atoms with Crippen LogP contribution in [0.1, 0.15) is 30.4 Å². The fourth-order valence-corrected chi connectivity index (χ4v) is 4.92. The van der Waals surface area contributed by atoms with E-state index in [1.165, 1.54) is 41.5 Å². The van der Waals surface area contributed by atoms with Crippen molar-refractivity contribution >= 4 is 17.4 Å². The Labute approximate surface area is 212 Å². The summed E-state index contributed by atoms with van der Waals surface area (Å²) in [7, 11) is 0. The smallest absolute Gasteiger partial charge is 0.252 e. The minimum absolute atomic E-state index is 0.0731. The second kappa shape index (κ2) is 8.89. The number of hydrogen-bond donors (Lipinski definition) is 2. The third kappa shape index (κ3) is 3.95. The Morgan fingerprint density at radius 2 is 2.03 bits per heavy atom. The summed E-state index contributed by atoms with van der Waals surface area (Å²) in [6.45, 7) is 0. The average molecular weight is 522 g/mol. The van der Waals surface area contributed by atoms with Gasteiger partial charge in [0.15, 0.2) is 5.82 Å². The van der Waals surface area contributed by atoms with Crippen molar-refractivity contribution < 1.29 is 8.78 Å². The number of hydrogen-bond acceptors (Lipinski definition) is 7. The molecule has 0 bridgehead atoms. The van der Waals surface area contributed by atoms with Crippen molar-refractivity contribution in [1.82, 2.24) is 39.7 Å². The second-order valence-corrected chi connectivity index (χ2v) is 9.03. The number of aryl methyl sites for hydroxylation is 1. The van der Waals surface area contributed by atoms with E-state index < -0.39 is 17.8 Å². The summed E-state index contributed by atoms with van der Waals surface area (Å²) in [5, 5.41) is 11.0. The van der Waals surface area contributed by atoms with Crippen molar-refractivity contribution in [1.29, 1.82) is 0 Å². The van der Waals surface area contributed by atoms with Crippen LogP contribution in [0.2, 0.25) is 5.02 Å². The Morgan fingerprint density at radius 3 is 2.81 bits per heavy atom. The van der Waals surface area contributed by atoms with Gasteiger partial charge in [0.25, 0.3) is 5.56 Å². The molecule has 1 aliphatic rings. The summed E-state index contributed by atoms with van der Waals surface area (Å²) in [5.74, 6) is -0.821. The van der Waals surface area contributed by atoms with E-state index in [1.54, 1.807) is 16.7 Å². The molecule has 10 nitrogen and oxygen atoms in total. The van der Waals surface area contributed by atoms with Crippen LogP contribution in [-0.4, -0.2) is 39.7 Å². The summed E-state index contributed by atoms with van der Waals surface area (Å²) >= 11 is 6.09. The standard InChI is InChI=1S/C24H18ClF2N9O/c25-15-5-6-17(35-11-30-33-34-35)21(22(15)26)12-8-13-2-1-3-18(36(13)20(37)9-12)24-29-10-16(31-24)14-4-7-19(28)32-23(14)27/h4-11,18H,1-3H2,(H2,28,32)(H,29,31)/t18-/m0/s1. The third-order valence-electron chi connectivity index (χ3n) is 6.40. The molecule has 0 radical (unpaired) electrons. The van der Waals surface area contributed by atoms with Crippen LogP contribution in [0, 0.1) is 11.8 Å². The van der Waals surface area contributed by atoms with Gasteiger partial charge in [-0.1, -0.05) is 11.6 Å². The van der Waals surface area contributed by atoms with Gasteiger partial charge in [-0.3, -0.25) is 4.79 Å². The summed E-state index contributed by atoms with van der Waals surface area (Å²) in [6.07, 6.45) is 4.84. The van der Waals surface area contributed by atoms with E-state index in [0.717, 1.165) is 6.42 Å². The topological polar surface area (TPSA) is 133 Å². The molecule has 3 N–H and O–H groups in total. The zero-order valence-corrected chi connectivity index (χ0v) is 19.8. The summed E-state index contributed by atoms with van der Waals surface area (Å²) < 4.78 is 32.6. The summed E-state index contributed by atoms with van der Waals surface area (Å²) in [5.41, 5.74) is 7.39. The molecule has 37 heavy (non-hydrogen) atoms. The number of nitrogens with zero attached hydrogens (tertiary/aromatic N) is 7. The Kier molecular flexibility index (Phi) is 5.52. The lowest BCUT2D eigenvalue weighted by Gasteiger charge is -2.27. The minimum Gasteiger partial charge on any atom is -0.384 e. The number of anilines is 1. The monoisotopic (exact) mass is 521 g/mol. The summed E-state index contributed by atoms with van der Waals surface area (Å²) in [4.78, 5) is 24.6. The molecule has 13 heteroatoms. The first kappa shape index (κ1) is 23.0. The van der Waals surface area contributed by atoms with Crippen molar-refractivity contribution in [2.45, 2.75) is 25.3 Å². The number of nitrogen functional groups attached to an aromatic ring is 1. The van der Waals surface area contributed by atoms with Gasteiger partial charge in [-0.15, -0.1) is 5.10 Å². The molecule has 0 aliphatic carbocycles. The molecule has 0 saturated carbocycles. The van der Waals surface area contributed by atoms with Gasteiger partial charge in [-0.05, 0) is 65.6 Å². The van der Waals surface area contributed by atoms with Crippen LogP contribution in [0.5, 0.6) is 0 Å². The highest BCUT2D eigenvalue weighted by Gasteiger charge is 2.27. The Hall–Kier alpha value is -4.45. The first-order valence-corrected chi connectivity index (χ1v) is 11.7. The van der Waals surface area contributed by atoms with Gasteiger partial charge >= 0.3 is 0 Å². The quantitative estimate of drug-likeness (QED) is 0.344. The van der Waals surface area contributed by atoms with Gasteiger partial charge in [0.1, 0.15) is 18.0 Å². The second-order valence-electron chi connectivity index (χ2n) is 8.62. The zero-order chi connectivity index (χ0) is 25.7. The average Bonchev–Trinajstić information content (AvgIpc) is 3.58. The molecule has 5 heterocycles. The Bertz CT molecular complexity index is 1700. The highest BCUT2D eigenvalue weighted by atomic mass is 35.5. The lowest BCUT2D eigenvalue weighted by Crippen LogP contribution is -2.32. The largest absolute Gasteiger partial charge is 0.384 e. The number of nitrogens with one attached hydrogen (secondary N) is 1. The maximum absolute atomic E-state index is 15.3. The van der Waals surface area contributed by atoms with Gasteiger partial charge in [-0.2, -0.15) is 9.07 Å². The van der Waals surface area contributed by atoms with Gasteiger partial charge in [-0.25, -0.2) is 14.4 Å². The van der Waals surface area contributed by atoms with Crippen molar-refractivity contribution in [3.05, 3.63) is 87.6 Å². The molecule has 0 spiro atoms. The fraction of sp³-hybridized carbons (Fsp3) is 0.167. The summed E-state index contributed by atoms with van der Waals surface area (Å²) in [6, 6.07) is 8.73. The maximum Gasteiger partial charge on any atom is 0.252 e. The van der Waals surface area contributed by atoms with Crippen molar-refractivity contribution in [3.63, 3.8) is 0 Å². The van der Waals surface area contributed by atoms with Crippen LogP contribution in [0.25, 0.3) is 28.1 Å². The number of nitrogens with two attached hydrogens (primary N) is 1.